The number of hydrogen-bond donors (Lipinski definition) is 0. The van der Waals surface area contributed by atoms with Crippen LogP contribution >= 0.6 is 0 Å². The second kappa shape index (κ2) is 6.28. The molecule has 0 radical (unpaired) electrons. The van der Waals surface area contributed by atoms with Crippen LogP contribution < -0.4 is 0 Å². The van der Waals surface area contributed by atoms with E-state index in [9.17, 15) is 0 Å². The van der Waals surface area contributed by atoms with Gasteiger partial charge < -0.3 is 0 Å². The van der Waals surface area contributed by atoms with Gasteiger partial charge in [-0.3, -0.25) is 0 Å². The van der Waals surface area contributed by atoms with Gasteiger partial charge >= 0.3 is 0 Å². The van der Waals surface area contributed by atoms with Gasteiger partial charge in [0.1, 0.15) is 5.69 Å². The first kappa shape index (κ1) is 15.2. The minimum absolute atomic E-state index is 0.518. The van der Waals surface area contributed by atoms with E-state index in [0.29, 0.717) is 5.95 Å². The third-order valence-electron chi connectivity index (χ3n) is 3.96. The summed E-state index contributed by atoms with van der Waals surface area (Å²) in [4.78, 5) is 9.14. The van der Waals surface area contributed by atoms with Gasteiger partial charge in [-0.15, -0.1) is 5.10 Å². The summed E-state index contributed by atoms with van der Waals surface area (Å²) in [5.41, 5.74) is 5.84. The molecule has 0 atom stereocenters. The third-order valence-corrected chi connectivity index (χ3v) is 3.96. The molecular weight excluding hydrogens is 310 g/mol. The minimum Gasteiger partial charge on any atom is -0.216 e. The van der Waals surface area contributed by atoms with E-state index in [1.807, 2.05) is 61.7 Å². The van der Waals surface area contributed by atoms with Crippen LogP contribution in [0.1, 0.15) is 11.3 Å². The van der Waals surface area contributed by atoms with Crippen LogP contribution in [0.3, 0.4) is 0 Å². The molecule has 0 amide bonds. The van der Waals surface area contributed by atoms with E-state index in [4.69, 9.17) is 0 Å². The first-order valence-corrected chi connectivity index (χ1v) is 8.10. The molecule has 0 saturated carbocycles. The van der Waals surface area contributed by atoms with Gasteiger partial charge in [0.2, 0.25) is 0 Å². The van der Waals surface area contributed by atoms with Crippen molar-refractivity contribution in [2.24, 2.45) is 0 Å². The normalized spacial score (nSPS) is 10.8. The van der Waals surface area contributed by atoms with Crippen molar-refractivity contribution in [3.05, 3.63) is 78.1 Å². The van der Waals surface area contributed by atoms with Crippen LogP contribution in [0, 0.1) is 13.8 Å². The Balaban J connectivity index is 1.73. The number of aryl methyl sites for hydroxylation is 2. The summed E-state index contributed by atoms with van der Waals surface area (Å²) < 4.78 is 1.62. The van der Waals surface area contributed by atoms with E-state index in [1.54, 1.807) is 4.68 Å². The van der Waals surface area contributed by atoms with Crippen molar-refractivity contribution in [2.75, 3.05) is 0 Å². The van der Waals surface area contributed by atoms with Gasteiger partial charge in [-0.1, -0.05) is 65.4 Å². The third kappa shape index (κ3) is 3.17. The van der Waals surface area contributed by atoms with Gasteiger partial charge in [0.25, 0.3) is 5.95 Å². The summed E-state index contributed by atoms with van der Waals surface area (Å²) in [5.74, 6) is 0.518. The molecule has 0 aliphatic rings. The molecule has 0 spiro atoms. The molecule has 0 bridgehead atoms. The molecule has 4 aromatic rings. The van der Waals surface area contributed by atoms with E-state index >= 15 is 0 Å². The van der Waals surface area contributed by atoms with Gasteiger partial charge in [0.15, 0.2) is 0 Å². The van der Waals surface area contributed by atoms with Crippen molar-refractivity contribution >= 4 is 0 Å². The fraction of sp³-hybridized carbons (Fsp3) is 0.100. The lowest BCUT2D eigenvalue weighted by molar-refractivity contribution is 0.752. The summed E-state index contributed by atoms with van der Waals surface area (Å²) in [6.07, 6.45) is 1.86. The van der Waals surface area contributed by atoms with Crippen LogP contribution in [-0.4, -0.2) is 25.0 Å². The highest BCUT2D eigenvalue weighted by Crippen LogP contribution is 2.20. The maximum absolute atomic E-state index is 4.64. The van der Waals surface area contributed by atoms with Gasteiger partial charge in [-0.2, -0.15) is 4.68 Å². The quantitative estimate of drug-likeness (QED) is 0.570. The lowest BCUT2D eigenvalue weighted by Crippen LogP contribution is -2.04. The lowest BCUT2D eigenvalue weighted by atomic mass is 10.1. The fourth-order valence-corrected chi connectivity index (χ4v) is 2.63. The molecule has 2 aromatic carbocycles. The maximum atomic E-state index is 4.64. The molecule has 0 unspecified atom stereocenters. The average Bonchev–Trinajstić information content (AvgIpc) is 3.13. The largest absolute Gasteiger partial charge is 0.252 e. The molecule has 4 rings (SSSR count). The summed E-state index contributed by atoms with van der Waals surface area (Å²) >= 11 is 0. The topological polar surface area (TPSA) is 56.5 Å². The number of aromatic nitrogens is 5. The van der Waals surface area contributed by atoms with E-state index in [1.165, 1.54) is 5.56 Å². The van der Waals surface area contributed by atoms with E-state index in [0.717, 1.165) is 28.2 Å². The molecular formula is C20H17N5. The monoisotopic (exact) mass is 327 g/mol. The molecule has 25 heavy (non-hydrogen) atoms. The smallest absolute Gasteiger partial charge is 0.216 e. The first-order chi connectivity index (χ1) is 12.2. The first-order valence-electron chi connectivity index (χ1n) is 8.10. The van der Waals surface area contributed by atoms with Crippen LogP contribution in [0.5, 0.6) is 0 Å². The Morgan fingerprint density at radius 1 is 0.760 bits per heavy atom. The van der Waals surface area contributed by atoms with Crippen molar-refractivity contribution in [1.82, 2.24) is 25.0 Å². The highest BCUT2D eigenvalue weighted by molar-refractivity contribution is 5.60. The zero-order chi connectivity index (χ0) is 17.2. The van der Waals surface area contributed by atoms with Gasteiger partial charge in [0, 0.05) is 16.8 Å². The highest BCUT2D eigenvalue weighted by atomic mass is 15.5. The summed E-state index contributed by atoms with van der Waals surface area (Å²) in [6.45, 7) is 4.02. The summed E-state index contributed by atoms with van der Waals surface area (Å²) in [6, 6.07) is 20.2. The van der Waals surface area contributed by atoms with Crippen molar-refractivity contribution in [1.29, 1.82) is 0 Å². The van der Waals surface area contributed by atoms with Crippen LogP contribution in [0.2, 0.25) is 0 Å². The van der Waals surface area contributed by atoms with Crippen LogP contribution in [0.15, 0.2) is 66.9 Å². The molecule has 2 aromatic heterocycles. The molecule has 0 N–H and O–H groups in total. The van der Waals surface area contributed by atoms with Gasteiger partial charge in [0.05, 0.1) is 11.9 Å². The molecule has 2 heterocycles. The Morgan fingerprint density at radius 3 is 2.24 bits per heavy atom. The van der Waals surface area contributed by atoms with Crippen molar-refractivity contribution < 1.29 is 0 Å². The van der Waals surface area contributed by atoms with E-state index in [2.05, 4.69) is 39.3 Å². The molecule has 0 aliphatic carbocycles. The zero-order valence-corrected chi connectivity index (χ0v) is 14.1. The molecule has 122 valence electrons. The molecule has 0 saturated heterocycles. The second-order valence-corrected chi connectivity index (χ2v) is 5.97. The van der Waals surface area contributed by atoms with Crippen molar-refractivity contribution in [2.45, 2.75) is 13.8 Å². The minimum atomic E-state index is 0.518. The molecule has 0 aliphatic heterocycles. The number of nitrogens with zero attached hydrogens (tertiary/aromatic N) is 5. The number of benzene rings is 2. The highest BCUT2D eigenvalue weighted by Gasteiger charge is 2.10. The Bertz CT molecular complexity index is 1000. The van der Waals surface area contributed by atoms with E-state index < -0.39 is 0 Å². The standard InChI is InChI=1S/C20H17N5/c1-14-8-10-17(11-9-14)19-13-25(24-23-19)20-21-15(2)12-18(22-20)16-6-4-3-5-7-16/h3-13H,1-2H3. The van der Waals surface area contributed by atoms with Gasteiger partial charge in [-0.25, -0.2) is 9.97 Å². The predicted molar refractivity (Wildman–Crippen MR) is 97.3 cm³/mol. The Labute approximate surface area is 146 Å². The zero-order valence-electron chi connectivity index (χ0n) is 14.1. The summed E-state index contributed by atoms with van der Waals surface area (Å²) in [5, 5.41) is 8.46. The number of hydrogen-bond acceptors (Lipinski definition) is 4. The van der Waals surface area contributed by atoms with E-state index in [-0.39, 0.29) is 0 Å². The Hall–Kier alpha value is -3.34. The second-order valence-electron chi connectivity index (χ2n) is 5.97. The SMILES string of the molecule is Cc1ccc(-c2cn(-c3nc(C)cc(-c4ccccc4)n3)nn2)cc1. The molecule has 5 nitrogen and oxygen atoms in total. The van der Waals surface area contributed by atoms with Crippen LogP contribution in [-0.2, 0) is 0 Å². The fourth-order valence-electron chi connectivity index (χ4n) is 2.63. The van der Waals surface area contributed by atoms with Crippen LogP contribution in [0.4, 0.5) is 0 Å². The van der Waals surface area contributed by atoms with Crippen molar-refractivity contribution in [3.8, 4) is 28.5 Å². The summed E-state index contributed by atoms with van der Waals surface area (Å²) in [7, 11) is 0. The molecule has 0 fully saturated rings. The Kier molecular flexibility index (Phi) is 3.82. The Morgan fingerprint density at radius 2 is 1.48 bits per heavy atom. The molecule has 5 heteroatoms. The predicted octanol–water partition coefficient (Wildman–Crippen LogP) is 4.01. The maximum Gasteiger partial charge on any atom is 0.252 e. The van der Waals surface area contributed by atoms with Crippen LogP contribution in [0.25, 0.3) is 28.5 Å². The number of rotatable bonds is 3. The van der Waals surface area contributed by atoms with Crippen molar-refractivity contribution in [3.63, 3.8) is 0 Å². The van der Waals surface area contributed by atoms with Gasteiger partial charge in [-0.05, 0) is 19.9 Å². The lowest BCUT2D eigenvalue weighted by Gasteiger charge is -2.05. The average molecular weight is 327 g/mol.